The molecule has 0 aromatic rings. The van der Waals surface area contributed by atoms with Crippen LogP contribution in [0.1, 0.15) is 72.1 Å². The van der Waals surface area contributed by atoms with E-state index in [1.54, 1.807) is 0 Å². The van der Waals surface area contributed by atoms with Gasteiger partial charge in [0.1, 0.15) is 5.60 Å². The minimum Gasteiger partial charge on any atom is -0.478 e. The molecule has 0 aromatic heterocycles. The molecule has 5 rings (SSSR count). The second kappa shape index (κ2) is 17.8. The molecule has 1 aliphatic heterocycles. The molecule has 0 aromatic carbocycles. The van der Waals surface area contributed by atoms with Crippen LogP contribution in [0.5, 0.6) is 0 Å². The summed E-state index contributed by atoms with van der Waals surface area (Å²) in [6.07, 6.45) is 11.2. The summed E-state index contributed by atoms with van der Waals surface area (Å²) in [5.41, 5.74) is 0.198. The number of carbonyl (C=O) groups is 5. The molecule has 4 bridgehead atoms. The number of hydrogen-bond acceptors (Lipinski definition) is 7. The fourth-order valence-electron chi connectivity index (χ4n) is 5.50. The van der Waals surface area contributed by atoms with Crippen LogP contribution in [0.25, 0.3) is 0 Å². The predicted octanol–water partition coefficient (Wildman–Crippen LogP) is 5.20. The highest BCUT2D eigenvalue weighted by atomic mass is 16.6. The van der Waals surface area contributed by atoms with Crippen molar-refractivity contribution in [2.75, 3.05) is 6.61 Å². The first-order chi connectivity index (χ1) is 18.6. The van der Waals surface area contributed by atoms with Crippen molar-refractivity contribution in [3.8, 4) is 0 Å². The lowest BCUT2D eigenvalue weighted by atomic mass is 9.49. The van der Waals surface area contributed by atoms with Crippen molar-refractivity contribution in [2.45, 2.75) is 77.7 Å². The number of ether oxygens (including phenoxy) is 2. The fraction of sp³-hybridized carbons (Fsp3) is 0.567. The Hall–Kier alpha value is -3.69. The highest BCUT2D eigenvalue weighted by molar-refractivity contribution is 5.85. The molecule has 0 spiro atoms. The summed E-state index contributed by atoms with van der Waals surface area (Å²) in [6, 6.07) is 0. The zero-order chi connectivity index (χ0) is 31.0. The third-order valence-electron chi connectivity index (χ3n) is 7.22. The van der Waals surface area contributed by atoms with Gasteiger partial charge in [0.15, 0.2) is 0 Å². The Morgan fingerprint density at radius 1 is 0.900 bits per heavy atom. The van der Waals surface area contributed by atoms with Gasteiger partial charge in [-0.2, -0.15) is 0 Å². The monoisotopic (exact) mass is 564 g/mol. The number of carboxylic acids is 3. The lowest BCUT2D eigenvalue weighted by Crippen LogP contribution is -2.59. The molecule has 5 aliphatic rings. The molecule has 0 radical (unpaired) electrons. The Morgan fingerprint density at radius 3 is 1.50 bits per heavy atom. The highest BCUT2D eigenvalue weighted by Gasteiger charge is 2.58. The maximum atomic E-state index is 11.6. The lowest BCUT2D eigenvalue weighted by molar-refractivity contribution is -0.206. The van der Waals surface area contributed by atoms with Crippen LogP contribution < -0.4 is 0 Å². The minimum absolute atomic E-state index is 0.0463. The summed E-state index contributed by atoms with van der Waals surface area (Å²) in [5, 5.41) is 23.4. The van der Waals surface area contributed by atoms with E-state index in [0.717, 1.165) is 30.8 Å². The van der Waals surface area contributed by atoms with Crippen LogP contribution in [0.2, 0.25) is 0 Å². The molecule has 1 saturated heterocycles. The zero-order valence-corrected chi connectivity index (χ0v) is 23.9. The molecule has 0 amide bonds. The lowest BCUT2D eigenvalue weighted by Gasteiger charge is -2.60. The van der Waals surface area contributed by atoms with Crippen molar-refractivity contribution in [3.05, 3.63) is 49.6 Å². The maximum Gasteiger partial charge on any atom is 0.330 e. The minimum atomic E-state index is -0.981. The first kappa shape index (κ1) is 36.3. The van der Waals surface area contributed by atoms with E-state index >= 15 is 0 Å². The largest absolute Gasteiger partial charge is 0.478 e. The van der Waals surface area contributed by atoms with Gasteiger partial charge in [-0.25, -0.2) is 19.2 Å². The normalized spacial score (nSPS) is 26.1. The van der Waals surface area contributed by atoms with Crippen molar-refractivity contribution < 1.29 is 48.8 Å². The average molecular weight is 565 g/mol. The van der Waals surface area contributed by atoms with Crippen LogP contribution in [0.4, 0.5) is 0 Å². The summed E-state index contributed by atoms with van der Waals surface area (Å²) >= 11 is 0. The Morgan fingerprint density at radius 2 is 1.30 bits per heavy atom. The molecule has 0 unspecified atom stereocenters. The first-order valence-corrected chi connectivity index (χ1v) is 13.3. The summed E-state index contributed by atoms with van der Waals surface area (Å²) in [5.74, 6) is -0.0520. The Kier molecular flexibility index (Phi) is 16.2. The average Bonchev–Trinajstić information content (AvgIpc) is 3.38. The molecule has 4 saturated carbocycles. The molecule has 40 heavy (non-hydrogen) atoms. The van der Waals surface area contributed by atoms with E-state index in [4.69, 9.17) is 20.1 Å². The van der Waals surface area contributed by atoms with Crippen LogP contribution in [-0.4, -0.2) is 57.4 Å². The summed E-state index contributed by atoms with van der Waals surface area (Å²) in [7, 11) is 0. The maximum absolute atomic E-state index is 11.6. The first-order valence-electron chi connectivity index (χ1n) is 13.3. The van der Waals surface area contributed by atoms with Gasteiger partial charge in [-0.1, -0.05) is 33.2 Å². The number of cyclic esters (lactones) is 1. The SMILES string of the molecule is C=C(C)C(=O)O.C=C(C)C(=O)O.C=CC(=O)O.C=CC(=O)OC1(CC)C2CC3CC(C2)CC1C3.O=C1CCCO1. The van der Waals surface area contributed by atoms with Gasteiger partial charge < -0.3 is 24.8 Å². The fourth-order valence-corrected chi connectivity index (χ4v) is 5.50. The van der Waals surface area contributed by atoms with E-state index in [2.05, 4.69) is 38.0 Å². The van der Waals surface area contributed by atoms with Crippen molar-refractivity contribution in [2.24, 2.45) is 23.7 Å². The molecule has 10 nitrogen and oxygen atoms in total. The Bertz CT molecular complexity index is 878. The quantitative estimate of drug-likeness (QED) is 0.288. The van der Waals surface area contributed by atoms with Crippen LogP contribution in [0, 0.1) is 23.7 Å². The van der Waals surface area contributed by atoms with Crippen molar-refractivity contribution in [3.63, 3.8) is 0 Å². The number of rotatable bonds is 6. The zero-order valence-electron chi connectivity index (χ0n) is 23.9. The van der Waals surface area contributed by atoms with Crippen molar-refractivity contribution >= 4 is 29.8 Å². The molecular formula is C30H44O10. The van der Waals surface area contributed by atoms with Gasteiger partial charge in [0.25, 0.3) is 0 Å². The van der Waals surface area contributed by atoms with Gasteiger partial charge in [0, 0.05) is 29.7 Å². The van der Waals surface area contributed by atoms with Crippen LogP contribution in [0.3, 0.4) is 0 Å². The number of carboxylic acid groups (broad SMARTS) is 3. The van der Waals surface area contributed by atoms with E-state index in [1.807, 2.05) is 0 Å². The van der Waals surface area contributed by atoms with Gasteiger partial charge in [-0.3, -0.25) is 4.79 Å². The molecular weight excluding hydrogens is 520 g/mol. The summed E-state index contributed by atoms with van der Waals surface area (Å²) < 4.78 is 10.4. The van der Waals surface area contributed by atoms with Crippen molar-refractivity contribution in [1.29, 1.82) is 0 Å². The smallest absolute Gasteiger partial charge is 0.330 e. The topological polar surface area (TPSA) is 164 Å². The molecule has 224 valence electrons. The van der Waals surface area contributed by atoms with Crippen LogP contribution in [-0.2, 0) is 33.4 Å². The van der Waals surface area contributed by atoms with Gasteiger partial charge in [0.2, 0.25) is 0 Å². The Labute approximate surface area is 236 Å². The van der Waals surface area contributed by atoms with Crippen molar-refractivity contribution in [1.82, 2.24) is 0 Å². The number of carbonyl (C=O) groups excluding carboxylic acids is 2. The molecule has 4 aliphatic carbocycles. The van der Waals surface area contributed by atoms with E-state index in [-0.39, 0.29) is 28.7 Å². The second-order valence-corrected chi connectivity index (χ2v) is 10.3. The Balaban J connectivity index is 0.000000550. The molecule has 1 heterocycles. The second-order valence-electron chi connectivity index (χ2n) is 10.3. The third-order valence-corrected chi connectivity index (χ3v) is 7.22. The standard InChI is InChI=1S/C15H22O2.3C4H6O2.C3H4O2/c1-3-14(16)17-15(4-2)12-6-10-5-11(8-12)9-13(15)7-10;5-4-2-1-3-6-4;2*1-3(2)4(5)6;1-2-3(4)5/h3,10-13H,1,4-9H2,2H3;1-3H2;2*1H2,2H3,(H,5,6);2H,1H2,(H,4,5). The van der Waals surface area contributed by atoms with Crippen LogP contribution >= 0.6 is 0 Å². The molecule has 3 N–H and O–H groups in total. The van der Waals surface area contributed by atoms with Gasteiger partial charge in [0.05, 0.1) is 6.61 Å². The summed E-state index contributed by atoms with van der Waals surface area (Å²) in [6.45, 7) is 18.5. The van der Waals surface area contributed by atoms with E-state index in [0.29, 0.717) is 24.9 Å². The van der Waals surface area contributed by atoms with Gasteiger partial charge in [-0.05, 0) is 82.5 Å². The molecule has 5 fully saturated rings. The predicted molar refractivity (Wildman–Crippen MR) is 149 cm³/mol. The third kappa shape index (κ3) is 12.4. The summed E-state index contributed by atoms with van der Waals surface area (Å²) in [4.78, 5) is 50.1. The number of aliphatic carboxylic acids is 3. The highest BCUT2D eigenvalue weighted by Crippen LogP contribution is 2.60. The van der Waals surface area contributed by atoms with E-state index < -0.39 is 17.9 Å². The number of esters is 2. The number of hydrogen-bond donors (Lipinski definition) is 3. The van der Waals surface area contributed by atoms with Gasteiger partial charge in [-0.15, -0.1) is 0 Å². The van der Waals surface area contributed by atoms with E-state index in [1.165, 1.54) is 52.0 Å². The molecule has 0 atom stereocenters. The van der Waals surface area contributed by atoms with E-state index in [9.17, 15) is 24.0 Å². The van der Waals surface area contributed by atoms with Gasteiger partial charge >= 0.3 is 29.8 Å². The van der Waals surface area contributed by atoms with Crippen LogP contribution in [0.15, 0.2) is 49.6 Å². The molecule has 10 heteroatoms.